The molecular weight excluding hydrogens is 426 g/mol. The van der Waals surface area contributed by atoms with Crippen molar-refractivity contribution in [2.24, 2.45) is 10.7 Å². The molecule has 3 heteroatoms. The third-order valence-electron chi connectivity index (χ3n) is 4.99. The maximum absolute atomic E-state index is 5.95. The molecule has 35 heavy (non-hydrogen) atoms. The van der Waals surface area contributed by atoms with Gasteiger partial charge in [0.25, 0.3) is 0 Å². The first-order valence-electron chi connectivity index (χ1n) is 13.1. The number of rotatable bonds is 7. The average molecular weight is 482 g/mol. The van der Waals surface area contributed by atoms with Crippen molar-refractivity contribution in [3.8, 4) is 0 Å². The number of benzene rings is 1. The predicted molar refractivity (Wildman–Crippen MR) is 163 cm³/mol. The molecule has 0 saturated heterocycles. The second-order valence-electron chi connectivity index (χ2n) is 7.81. The summed E-state index contributed by atoms with van der Waals surface area (Å²) in [7, 11) is 1.73. The maximum atomic E-state index is 5.95. The van der Waals surface area contributed by atoms with E-state index in [0.29, 0.717) is 5.70 Å². The van der Waals surface area contributed by atoms with Crippen LogP contribution in [0.5, 0.6) is 0 Å². The molecule has 1 heterocycles. The monoisotopic (exact) mass is 481 g/mol. The molecule has 0 aliphatic heterocycles. The summed E-state index contributed by atoms with van der Waals surface area (Å²) in [5.74, 6) is 0. The molecule has 0 aliphatic carbocycles. The number of unbranched alkanes of at least 4 members (excludes halogenated alkanes) is 1. The van der Waals surface area contributed by atoms with Crippen LogP contribution in [0.3, 0.4) is 0 Å². The zero-order chi connectivity index (χ0) is 27.8. The molecule has 1 aromatic carbocycles. The molecule has 2 aromatic rings. The van der Waals surface area contributed by atoms with E-state index >= 15 is 0 Å². The lowest BCUT2D eigenvalue weighted by Crippen LogP contribution is -2.11. The highest BCUT2D eigenvalue weighted by Gasteiger charge is 2.07. The average Bonchev–Trinajstić information content (AvgIpc) is 3.44. The lowest BCUT2D eigenvalue weighted by atomic mass is 10.0. The molecule has 2 rings (SSSR count). The zero-order valence-electron chi connectivity index (χ0n) is 24.8. The molecule has 0 unspecified atom stereocenters. The van der Waals surface area contributed by atoms with Crippen LogP contribution in [0.25, 0.3) is 5.57 Å². The number of aromatic nitrogens is 1. The summed E-state index contributed by atoms with van der Waals surface area (Å²) in [5, 5.41) is 0. The van der Waals surface area contributed by atoms with E-state index in [-0.39, 0.29) is 0 Å². The molecule has 1 aromatic heterocycles. The van der Waals surface area contributed by atoms with Gasteiger partial charge in [0.2, 0.25) is 0 Å². The molecule has 0 spiro atoms. The summed E-state index contributed by atoms with van der Waals surface area (Å²) in [6.07, 6.45) is 6.80. The number of H-pyrrole nitrogens is 1. The Balaban J connectivity index is -0.000000439. The number of aliphatic imine (C=N–C) groups is 1. The Morgan fingerprint density at radius 1 is 0.943 bits per heavy atom. The van der Waals surface area contributed by atoms with Crippen LogP contribution in [-0.4, -0.2) is 17.7 Å². The van der Waals surface area contributed by atoms with Crippen molar-refractivity contribution in [2.75, 3.05) is 7.05 Å². The largest absolute Gasteiger partial charge is 0.397 e. The number of hydrogen-bond acceptors (Lipinski definition) is 2. The van der Waals surface area contributed by atoms with Gasteiger partial charge >= 0.3 is 0 Å². The number of nitrogens with one attached hydrogen (secondary N) is 1. The van der Waals surface area contributed by atoms with Crippen LogP contribution in [0.2, 0.25) is 0 Å². The molecule has 0 atom stereocenters. The van der Waals surface area contributed by atoms with Gasteiger partial charge in [0.05, 0.1) is 11.4 Å². The molecule has 0 fully saturated rings. The molecule has 3 N–H and O–H groups in total. The van der Waals surface area contributed by atoms with Gasteiger partial charge in [-0.15, -0.1) is 6.58 Å². The first kappa shape index (κ1) is 36.8. The number of allylic oxidation sites excluding steroid dienone is 4. The quantitative estimate of drug-likeness (QED) is 0.231. The number of hydrogen-bond donors (Lipinski definition) is 2. The van der Waals surface area contributed by atoms with Gasteiger partial charge < -0.3 is 10.7 Å². The van der Waals surface area contributed by atoms with Gasteiger partial charge in [0.15, 0.2) is 0 Å². The van der Waals surface area contributed by atoms with Crippen LogP contribution in [0.1, 0.15) is 98.4 Å². The fourth-order valence-electron chi connectivity index (χ4n) is 2.58. The molecule has 0 aliphatic rings. The van der Waals surface area contributed by atoms with Gasteiger partial charge in [-0.25, -0.2) is 0 Å². The topological polar surface area (TPSA) is 54.2 Å². The first-order chi connectivity index (χ1) is 16.7. The van der Waals surface area contributed by atoms with E-state index in [1.54, 1.807) is 7.05 Å². The smallest absolute Gasteiger partial charge is 0.0561 e. The summed E-state index contributed by atoms with van der Waals surface area (Å²) in [6, 6.07) is 12.6. The molecule has 0 saturated carbocycles. The van der Waals surface area contributed by atoms with Crippen LogP contribution >= 0.6 is 0 Å². The van der Waals surface area contributed by atoms with Crippen LogP contribution in [0, 0.1) is 6.92 Å². The summed E-state index contributed by atoms with van der Waals surface area (Å²) >= 11 is 0. The highest BCUT2D eigenvalue weighted by atomic mass is 14.7. The summed E-state index contributed by atoms with van der Waals surface area (Å²) < 4.78 is 0. The lowest BCUT2D eigenvalue weighted by molar-refractivity contribution is 0.789. The summed E-state index contributed by atoms with van der Waals surface area (Å²) in [4.78, 5) is 7.16. The van der Waals surface area contributed by atoms with Gasteiger partial charge in [0, 0.05) is 18.9 Å². The van der Waals surface area contributed by atoms with Crippen LogP contribution in [0.15, 0.2) is 77.6 Å². The fraction of sp³-hybridized carbons (Fsp3) is 0.469. The Labute approximate surface area is 218 Å². The molecule has 3 nitrogen and oxygen atoms in total. The van der Waals surface area contributed by atoms with E-state index in [4.69, 9.17) is 5.73 Å². The zero-order valence-corrected chi connectivity index (χ0v) is 24.8. The number of aryl methyl sites for hydroxylation is 2. The van der Waals surface area contributed by atoms with Crippen molar-refractivity contribution < 1.29 is 0 Å². The van der Waals surface area contributed by atoms with E-state index in [1.807, 2.05) is 59.9 Å². The minimum absolute atomic E-state index is 0.692. The van der Waals surface area contributed by atoms with Gasteiger partial charge in [-0.2, -0.15) is 0 Å². The van der Waals surface area contributed by atoms with E-state index in [0.717, 1.165) is 29.0 Å². The van der Waals surface area contributed by atoms with E-state index in [2.05, 4.69) is 75.1 Å². The Morgan fingerprint density at radius 2 is 1.49 bits per heavy atom. The third kappa shape index (κ3) is 18.2. The molecule has 0 radical (unpaired) electrons. The predicted octanol–water partition coefficient (Wildman–Crippen LogP) is 9.71. The number of nitrogens with zero attached hydrogens (tertiary/aromatic N) is 1. The Hall–Kier alpha value is -2.81. The minimum Gasteiger partial charge on any atom is -0.397 e. The van der Waals surface area contributed by atoms with Gasteiger partial charge in [0.1, 0.15) is 0 Å². The van der Waals surface area contributed by atoms with E-state index in [1.165, 1.54) is 36.0 Å². The van der Waals surface area contributed by atoms with Crippen molar-refractivity contribution in [3.05, 3.63) is 89.4 Å². The summed E-state index contributed by atoms with van der Waals surface area (Å²) in [5.41, 5.74) is 14.4. The van der Waals surface area contributed by atoms with Gasteiger partial charge in [-0.05, 0) is 75.8 Å². The molecule has 0 bridgehead atoms. The lowest BCUT2D eigenvalue weighted by Gasteiger charge is -2.09. The Bertz CT molecular complexity index is 835. The fourth-order valence-corrected chi connectivity index (χ4v) is 2.58. The molecular formula is C32H55N3. The van der Waals surface area contributed by atoms with Crippen molar-refractivity contribution >= 4 is 11.3 Å². The van der Waals surface area contributed by atoms with Gasteiger partial charge in [-0.1, -0.05) is 89.9 Å². The van der Waals surface area contributed by atoms with Crippen molar-refractivity contribution in [1.29, 1.82) is 0 Å². The first-order valence-corrected chi connectivity index (χ1v) is 13.1. The third-order valence-corrected chi connectivity index (χ3v) is 4.99. The van der Waals surface area contributed by atoms with E-state index < -0.39 is 0 Å². The summed E-state index contributed by atoms with van der Waals surface area (Å²) in [6.45, 7) is 28.2. The molecule has 0 amide bonds. The van der Waals surface area contributed by atoms with Crippen LogP contribution in [-0.2, 0) is 6.42 Å². The Kier molecular flexibility index (Phi) is 25.5. The second kappa shape index (κ2) is 24.3. The van der Waals surface area contributed by atoms with Crippen LogP contribution < -0.4 is 5.73 Å². The van der Waals surface area contributed by atoms with Crippen molar-refractivity contribution in [2.45, 2.75) is 94.9 Å². The number of aromatic amines is 1. The standard InChI is InChI=1S/C12H17N3.C9H12.C7H14.2C2H6/c1-8(11-6-5-7-15-11)9(2)12(13)10(3)14-4;1-3-9-6-4-8(2)5-7-9;1-4-5-6-7(2)3;2*1-2/h5-7,15H,1,13H2,2-4H3;4-7H,3H2,1-2H3;2,4-6H2,1,3H3;2*1-2H3/b12-9+,14-10?;;;;. The van der Waals surface area contributed by atoms with Crippen molar-refractivity contribution in [3.63, 3.8) is 0 Å². The van der Waals surface area contributed by atoms with Crippen LogP contribution in [0.4, 0.5) is 0 Å². The highest BCUT2D eigenvalue weighted by molar-refractivity contribution is 6.00. The normalized spacial score (nSPS) is 10.4. The highest BCUT2D eigenvalue weighted by Crippen LogP contribution is 2.20. The van der Waals surface area contributed by atoms with Crippen molar-refractivity contribution in [1.82, 2.24) is 4.98 Å². The molecule has 198 valence electrons. The minimum atomic E-state index is 0.692. The second-order valence-corrected chi connectivity index (χ2v) is 7.81. The maximum Gasteiger partial charge on any atom is 0.0561 e. The Morgan fingerprint density at radius 3 is 1.83 bits per heavy atom. The SMILES string of the molecule is C=C(/C(C)=C(/N)C(C)=NC)c1ccc[nH]1.C=C(C)CCCC.CC.CC.CCc1ccc(C)cc1. The number of nitrogens with two attached hydrogens (primary N) is 1. The van der Waals surface area contributed by atoms with E-state index in [9.17, 15) is 0 Å². The van der Waals surface area contributed by atoms with Gasteiger partial charge in [-0.3, -0.25) is 4.99 Å².